The number of nitrogens with zero attached hydrogens (tertiary/aromatic N) is 1. The topological polar surface area (TPSA) is 77.1 Å². The third-order valence-corrected chi connectivity index (χ3v) is 6.16. The Labute approximate surface area is 229 Å². The lowest BCUT2D eigenvalue weighted by molar-refractivity contribution is -0.142. The summed E-state index contributed by atoms with van der Waals surface area (Å²) in [7, 11) is 3.09. The first kappa shape index (κ1) is 28.9. The molecule has 0 spiro atoms. The molecule has 0 heterocycles. The van der Waals surface area contributed by atoms with Gasteiger partial charge in [0.15, 0.2) is 6.61 Å². The normalized spacial score (nSPS) is 11.5. The minimum Gasteiger partial charge on any atom is -0.496 e. The van der Waals surface area contributed by atoms with Crippen LogP contribution in [-0.2, 0) is 22.6 Å². The van der Waals surface area contributed by atoms with E-state index in [0.717, 1.165) is 11.1 Å². The fourth-order valence-corrected chi connectivity index (χ4v) is 3.98. The van der Waals surface area contributed by atoms with Crippen LogP contribution in [0.5, 0.6) is 17.2 Å². The second kappa shape index (κ2) is 14.3. The fourth-order valence-electron chi connectivity index (χ4n) is 3.86. The lowest BCUT2D eigenvalue weighted by Gasteiger charge is -2.31. The van der Waals surface area contributed by atoms with E-state index in [4.69, 9.17) is 25.8 Å². The summed E-state index contributed by atoms with van der Waals surface area (Å²) >= 11 is 6.08. The molecule has 202 valence electrons. The number of hydrogen-bond acceptors (Lipinski definition) is 5. The molecule has 0 radical (unpaired) electrons. The predicted molar refractivity (Wildman–Crippen MR) is 149 cm³/mol. The predicted octanol–water partition coefficient (Wildman–Crippen LogP) is 5.15. The summed E-state index contributed by atoms with van der Waals surface area (Å²) in [5.41, 5.74) is 1.80. The lowest BCUT2D eigenvalue weighted by atomic mass is 10.0. The zero-order chi connectivity index (χ0) is 27.5. The third kappa shape index (κ3) is 8.70. The van der Waals surface area contributed by atoms with Gasteiger partial charge in [-0.2, -0.15) is 0 Å². The molecule has 0 fully saturated rings. The average Bonchev–Trinajstić information content (AvgIpc) is 2.93. The van der Waals surface area contributed by atoms with Crippen molar-refractivity contribution >= 4 is 23.4 Å². The first-order valence-corrected chi connectivity index (χ1v) is 12.9. The maximum absolute atomic E-state index is 13.7. The average molecular weight is 539 g/mol. The number of benzene rings is 3. The molecule has 0 saturated heterocycles. The lowest BCUT2D eigenvalue weighted by Crippen LogP contribution is -2.52. The molecule has 1 atom stereocenters. The standard InChI is InChI=1S/C30H35ClN2O5/c1-21(2)18-32-30(35)28(14-22-8-6-5-7-9-22)33(19-23-10-12-24(31)13-11-23)29(34)20-38-27-16-25(36-3)15-26(17-27)37-4/h5-13,15-17,21,28H,14,18-20H2,1-4H3,(H,32,35). The molecule has 1 unspecified atom stereocenters. The summed E-state index contributed by atoms with van der Waals surface area (Å²) in [4.78, 5) is 28.8. The van der Waals surface area contributed by atoms with E-state index in [9.17, 15) is 9.59 Å². The number of carbonyl (C=O) groups is 2. The Morgan fingerprint density at radius 1 is 0.868 bits per heavy atom. The van der Waals surface area contributed by atoms with Crippen LogP contribution in [-0.4, -0.2) is 50.1 Å². The van der Waals surface area contributed by atoms with E-state index in [1.54, 1.807) is 49.5 Å². The largest absolute Gasteiger partial charge is 0.496 e. The first-order valence-electron chi connectivity index (χ1n) is 12.5. The van der Waals surface area contributed by atoms with E-state index in [-0.39, 0.29) is 30.9 Å². The molecule has 3 rings (SSSR count). The molecule has 7 nitrogen and oxygen atoms in total. The van der Waals surface area contributed by atoms with Gasteiger partial charge in [-0.05, 0) is 29.2 Å². The Bertz CT molecular complexity index is 1160. The number of rotatable bonds is 13. The van der Waals surface area contributed by atoms with E-state index < -0.39 is 6.04 Å². The molecule has 3 aromatic carbocycles. The zero-order valence-corrected chi connectivity index (χ0v) is 23.0. The van der Waals surface area contributed by atoms with E-state index in [2.05, 4.69) is 5.32 Å². The maximum atomic E-state index is 13.7. The highest BCUT2D eigenvalue weighted by atomic mass is 35.5. The molecule has 3 aromatic rings. The molecule has 0 saturated carbocycles. The van der Waals surface area contributed by atoms with Gasteiger partial charge in [0, 0.05) is 42.7 Å². The molecule has 8 heteroatoms. The quantitative estimate of drug-likeness (QED) is 0.326. The highest BCUT2D eigenvalue weighted by molar-refractivity contribution is 6.30. The van der Waals surface area contributed by atoms with Crippen molar-refractivity contribution in [2.45, 2.75) is 32.9 Å². The SMILES string of the molecule is COc1cc(OC)cc(OCC(=O)N(Cc2ccc(Cl)cc2)C(Cc2ccccc2)C(=O)NCC(C)C)c1. The number of halogens is 1. The van der Waals surface area contributed by atoms with Crippen LogP contribution < -0.4 is 19.5 Å². The molecule has 0 aromatic heterocycles. The van der Waals surface area contributed by atoms with Gasteiger partial charge in [-0.3, -0.25) is 9.59 Å². The number of ether oxygens (including phenoxy) is 3. The Balaban J connectivity index is 1.91. The fraction of sp³-hybridized carbons (Fsp3) is 0.333. The van der Waals surface area contributed by atoms with Gasteiger partial charge >= 0.3 is 0 Å². The van der Waals surface area contributed by atoms with Gasteiger partial charge in [0.2, 0.25) is 5.91 Å². The second-order valence-electron chi connectivity index (χ2n) is 9.33. The molecule has 1 N–H and O–H groups in total. The van der Waals surface area contributed by atoms with Gasteiger partial charge in [0.1, 0.15) is 23.3 Å². The van der Waals surface area contributed by atoms with Gasteiger partial charge < -0.3 is 24.4 Å². The van der Waals surface area contributed by atoms with Crippen molar-refractivity contribution in [1.82, 2.24) is 10.2 Å². The molecule has 0 aliphatic heterocycles. The summed E-state index contributed by atoms with van der Waals surface area (Å²) in [5, 5.41) is 3.60. The van der Waals surface area contributed by atoms with Crippen LogP contribution in [0, 0.1) is 5.92 Å². The molecule has 38 heavy (non-hydrogen) atoms. The Kier molecular flexibility index (Phi) is 10.8. The van der Waals surface area contributed by atoms with E-state index in [1.165, 1.54) is 0 Å². The van der Waals surface area contributed by atoms with E-state index >= 15 is 0 Å². The number of carbonyl (C=O) groups excluding carboxylic acids is 2. The second-order valence-corrected chi connectivity index (χ2v) is 9.77. The van der Waals surface area contributed by atoms with Crippen LogP contribution in [0.2, 0.25) is 5.02 Å². The molecule has 0 aliphatic rings. The van der Waals surface area contributed by atoms with Crippen LogP contribution in [0.4, 0.5) is 0 Å². The summed E-state index contributed by atoms with van der Waals surface area (Å²) < 4.78 is 16.5. The Morgan fingerprint density at radius 2 is 1.47 bits per heavy atom. The zero-order valence-electron chi connectivity index (χ0n) is 22.3. The van der Waals surface area contributed by atoms with Gasteiger partial charge in [0.25, 0.3) is 5.91 Å². The van der Waals surface area contributed by atoms with Crippen molar-refractivity contribution in [3.63, 3.8) is 0 Å². The summed E-state index contributed by atoms with van der Waals surface area (Å²) in [5.74, 6) is 1.22. The molecule has 0 aliphatic carbocycles. The van der Waals surface area contributed by atoms with Gasteiger partial charge in [-0.1, -0.05) is 67.9 Å². The number of methoxy groups -OCH3 is 2. The Hall–Kier alpha value is -3.71. The van der Waals surface area contributed by atoms with Crippen molar-refractivity contribution in [1.29, 1.82) is 0 Å². The minimum absolute atomic E-state index is 0.215. The van der Waals surface area contributed by atoms with Crippen molar-refractivity contribution in [3.8, 4) is 17.2 Å². The molecule has 2 amide bonds. The summed E-state index contributed by atoms with van der Waals surface area (Å²) in [6.45, 7) is 4.51. The highest BCUT2D eigenvalue weighted by Crippen LogP contribution is 2.27. The summed E-state index contributed by atoms with van der Waals surface area (Å²) in [6, 6.07) is 21.2. The van der Waals surface area contributed by atoms with E-state index in [0.29, 0.717) is 35.2 Å². The maximum Gasteiger partial charge on any atom is 0.261 e. The first-order chi connectivity index (χ1) is 18.3. The molecular formula is C30H35ClN2O5. The van der Waals surface area contributed by atoms with Crippen molar-refractivity contribution in [3.05, 3.63) is 88.9 Å². The van der Waals surface area contributed by atoms with Gasteiger partial charge in [-0.25, -0.2) is 0 Å². The van der Waals surface area contributed by atoms with Crippen LogP contribution >= 0.6 is 11.6 Å². The molecular weight excluding hydrogens is 504 g/mol. The van der Waals surface area contributed by atoms with Crippen LogP contribution in [0.15, 0.2) is 72.8 Å². The smallest absolute Gasteiger partial charge is 0.261 e. The monoisotopic (exact) mass is 538 g/mol. The number of amides is 2. The van der Waals surface area contributed by atoms with Crippen LogP contribution in [0.3, 0.4) is 0 Å². The Morgan fingerprint density at radius 3 is 2.05 bits per heavy atom. The van der Waals surface area contributed by atoms with E-state index in [1.807, 2.05) is 56.3 Å². The highest BCUT2D eigenvalue weighted by Gasteiger charge is 2.30. The summed E-state index contributed by atoms with van der Waals surface area (Å²) in [6.07, 6.45) is 0.358. The van der Waals surface area contributed by atoms with Crippen molar-refractivity contribution in [2.24, 2.45) is 5.92 Å². The third-order valence-electron chi connectivity index (χ3n) is 5.91. The van der Waals surface area contributed by atoms with Gasteiger partial charge in [-0.15, -0.1) is 0 Å². The van der Waals surface area contributed by atoms with Gasteiger partial charge in [0.05, 0.1) is 14.2 Å². The van der Waals surface area contributed by atoms with Crippen LogP contribution in [0.25, 0.3) is 0 Å². The van der Waals surface area contributed by atoms with Crippen LogP contribution in [0.1, 0.15) is 25.0 Å². The minimum atomic E-state index is -0.747. The number of nitrogens with one attached hydrogen (secondary N) is 1. The number of hydrogen-bond donors (Lipinski definition) is 1. The molecule has 0 bridgehead atoms. The van der Waals surface area contributed by atoms with Crippen molar-refractivity contribution < 1.29 is 23.8 Å². The van der Waals surface area contributed by atoms with Crippen molar-refractivity contribution in [2.75, 3.05) is 27.4 Å².